The largest absolute Gasteiger partial charge is 0.347 e. The summed E-state index contributed by atoms with van der Waals surface area (Å²) in [6.07, 6.45) is 2.25. The van der Waals surface area contributed by atoms with Crippen LogP contribution < -0.4 is 10.2 Å². The Kier molecular flexibility index (Phi) is 2.53. The molecule has 27 heavy (non-hydrogen) atoms. The van der Waals surface area contributed by atoms with E-state index in [-0.39, 0.29) is 0 Å². The standard InChI is InChI=1S/C17H14BrN9/c18-8-5-20-27-14(8)23-17(25-7-11-13-15(25)26(11)13)24-16(27)19-6-12-21-9-3-1-2-4-10(9)22-12/h1-5,11,13,15H,6-7H2,(H,21,22)(H,19,23,24)/t11?,13-,15+,26?/m1/s1. The fraction of sp³-hybridized carbons (Fsp3) is 0.294. The Morgan fingerprint density at radius 3 is 2.93 bits per heavy atom. The highest BCUT2D eigenvalue weighted by atomic mass is 79.9. The molecule has 10 heteroatoms. The molecule has 0 saturated carbocycles. The van der Waals surface area contributed by atoms with Gasteiger partial charge in [0.05, 0.1) is 34.3 Å². The van der Waals surface area contributed by atoms with Crippen molar-refractivity contribution in [1.29, 1.82) is 0 Å². The van der Waals surface area contributed by atoms with Crippen molar-refractivity contribution in [3.8, 4) is 0 Å². The van der Waals surface area contributed by atoms with Gasteiger partial charge in [0.2, 0.25) is 11.9 Å². The normalized spacial score (nSPS) is 27.4. The van der Waals surface area contributed by atoms with Crippen LogP contribution in [0.4, 0.5) is 11.9 Å². The predicted molar refractivity (Wildman–Crippen MR) is 102 cm³/mol. The van der Waals surface area contributed by atoms with Gasteiger partial charge in [-0.05, 0) is 28.1 Å². The summed E-state index contributed by atoms with van der Waals surface area (Å²) < 4.78 is 2.58. The van der Waals surface area contributed by atoms with Crippen LogP contribution in [0, 0.1) is 0 Å². The molecule has 9 nitrogen and oxygen atoms in total. The lowest BCUT2D eigenvalue weighted by molar-refractivity contribution is 0.653. The molecule has 3 aromatic heterocycles. The number of imidazole rings is 1. The molecule has 0 amide bonds. The highest BCUT2D eigenvalue weighted by Crippen LogP contribution is 2.59. The molecular weight excluding hydrogens is 410 g/mol. The monoisotopic (exact) mass is 423 g/mol. The first-order valence-corrected chi connectivity index (χ1v) is 9.70. The van der Waals surface area contributed by atoms with Gasteiger partial charge in [0, 0.05) is 12.6 Å². The molecule has 7 heterocycles. The number of aromatic amines is 1. The topological polar surface area (TPSA) is 90.0 Å². The highest BCUT2D eigenvalue weighted by molar-refractivity contribution is 9.10. The fourth-order valence-corrected chi connectivity index (χ4v) is 4.61. The molecule has 0 aliphatic carbocycles. The molecule has 8 rings (SSSR count). The number of halogens is 1. The molecule has 4 aliphatic rings. The van der Waals surface area contributed by atoms with E-state index in [4.69, 9.17) is 9.97 Å². The summed E-state index contributed by atoms with van der Waals surface area (Å²) in [5.74, 6) is 2.28. The van der Waals surface area contributed by atoms with E-state index in [0.29, 0.717) is 18.7 Å². The lowest BCUT2D eigenvalue weighted by Gasteiger charge is -2.16. The van der Waals surface area contributed by atoms with Gasteiger partial charge in [0.1, 0.15) is 12.0 Å². The van der Waals surface area contributed by atoms with E-state index in [1.165, 1.54) is 0 Å². The third-order valence-corrected chi connectivity index (χ3v) is 6.24. The summed E-state index contributed by atoms with van der Waals surface area (Å²) in [6.45, 7) is 1.54. The number of para-hydroxylation sites is 2. The van der Waals surface area contributed by atoms with Gasteiger partial charge in [0.25, 0.3) is 0 Å². The number of piperazine rings is 1. The summed E-state index contributed by atoms with van der Waals surface area (Å²) in [6, 6.07) is 9.46. The van der Waals surface area contributed by atoms with Gasteiger partial charge in [-0.1, -0.05) is 12.1 Å². The van der Waals surface area contributed by atoms with Gasteiger partial charge in [-0.2, -0.15) is 19.6 Å². The van der Waals surface area contributed by atoms with Crippen molar-refractivity contribution in [2.45, 2.75) is 24.8 Å². The first-order chi connectivity index (χ1) is 13.3. The average Bonchev–Trinajstić information content (AvgIpc) is 3.26. The molecule has 4 atom stereocenters. The lowest BCUT2D eigenvalue weighted by Crippen LogP contribution is -2.25. The first-order valence-electron chi connectivity index (χ1n) is 8.91. The summed E-state index contributed by atoms with van der Waals surface area (Å²) in [5, 5.41) is 7.77. The number of aromatic nitrogens is 6. The molecule has 0 spiro atoms. The second-order valence-corrected chi connectivity index (χ2v) is 8.05. The number of H-pyrrole nitrogens is 1. The van der Waals surface area contributed by atoms with Crippen LogP contribution in [0.2, 0.25) is 0 Å². The minimum absolute atomic E-state index is 0.502. The van der Waals surface area contributed by atoms with Crippen LogP contribution in [0.1, 0.15) is 5.82 Å². The van der Waals surface area contributed by atoms with Crippen molar-refractivity contribution in [3.05, 3.63) is 40.8 Å². The molecule has 1 aromatic carbocycles. The molecular formula is C17H14BrN9. The van der Waals surface area contributed by atoms with E-state index in [2.05, 4.69) is 46.1 Å². The Balaban J connectivity index is 1.25. The fourth-order valence-electron chi connectivity index (χ4n) is 4.26. The summed E-state index contributed by atoms with van der Waals surface area (Å²) in [7, 11) is 0. The van der Waals surface area contributed by atoms with Crippen LogP contribution in [-0.4, -0.2) is 59.2 Å². The molecule has 134 valence electrons. The Morgan fingerprint density at radius 1 is 1.22 bits per heavy atom. The van der Waals surface area contributed by atoms with E-state index in [1.54, 1.807) is 10.7 Å². The SMILES string of the molecule is Brc1cnn2c(NCc3nc4ccccc4[nH]3)nc(N3CC4[C@@H]5[C@@H]3N45)nc12. The van der Waals surface area contributed by atoms with Crippen molar-refractivity contribution < 1.29 is 0 Å². The Hall–Kier alpha value is -2.72. The van der Waals surface area contributed by atoms with E-state index < -0.39 is 0 Å². The highest BCUT2D eigenvalue weighted by Gasteiger charge is 2.79. The molecule has 4 saturated heterocycles. The van der Waals surface area contributed by atoms with Gasteiger partial charge in [-0.15, -0.1) is 0 Å². The maximum absolute atomic E-state index is 4.77. The average molecular weight is 424 g/mol. The molecule has 4 aromatic rings. The third kappa shape index (κ3) is 1.91. The van der Waals surface area contributed by atoms with Crippen molar-refractivity contribution in [2.75, 3.05) is 16.8 Å². The van der Waals surface area contributed by atoms with Crippen LogP contribution >= 0.6 is 15.9 Å². The summed E-state index contributed by atoms with van der Waals surface area (Å²) in [4.78, 5) is 22.2. The number of nitrogens with zero attached hydrogens (tertiary/aromatic N) is 7. The van der Waals surface area contributed by atoms with Crippen LogP contribution in [-0.2, 0) is 6.54 Å². The minimum Gasteiger partial charge on any atom is -0.347 e. The molecule has 2 unspecified atom stereocenters. The zero-order valence-electron chi connectivity index (χ0n) is 14.0. The maximum atomic E-state index is 4.77. The summed E-state index contributed by atoms with van der Waals surface area (Å²) >= 11 is 3.54. The van der Waals surface area contributed by atoms with E-state index in [9.17, 15) is 0 Å². The number of benzene rings is 1. The third-order valence-electron chi connectivity index (χ3n) is 5.68. The van der Waals surface area contributed by atoms with Crippen molar-refractivity contribution in [3.63, 3.8) is 0 Å². The van der Waals surface area contributed by atoms with Gasteiger partial charge in [-0.3, -0.25) is 4.90 Å². The van der Waals surface area contributed by atoms with Crippen LogP contribution in [0.3, 0.4) is 0 Å². The van der Waals surface area contributed by atoms with Crippen LogP contribution in [0.5, 0.6) is 0 Å². The number of rotatable bonds is 4. The summed E-state index contributed by atoms with van der Waals surface area (Å²) in [5.41, 5.74) is 2.75. The second kappa shape index (κ2) is 4.76. The molecule has 2 N–H and O–H groups in total. The van der Waals surface area contributed by atoms with E-state index in [1.807, 2.05) is 24.3 Å². The number of anilines is 2. The second-order valence-electron chi connectivity index (χ2n) is 7.20. The molecule has 4 fully saturated rings. The maximum Gasteiger partial charge on any atom is 0.232 e. The molecule has 4 aliphatic heterocycles. The van der Waals surface area contributed by atoms with Crippen molar-refractivity contribution >= 4 is 44.5 Å². The van der Waals surface area contributed by atoms with Gasteiger partial charge >= 0.3 is 0 Å². The smallest absolute Gasteiger partial charge is 0.232 e. The first kappa shape index (κ1) is 14.4. The predicted octanol–water partition coefficient (Wildman–Crippen LogP) is 1.59. The van der Waals surface area contributed by atoms with Gasteiger partial charge in [0.15, 0.2) is 5.65 Å². The van der Waals surface area contributed by atoms with E-state index >= 15 is 0 Å². The molecule has 0 radical (unpaired) electrons. The Labute approximate surface area is 161 Å². The molecule has 2 bridgehead atoms. The van der Waals surface area contributed by atoms with Crippen molar-refractivity contribution in [1.82, 2.24) is 34.4 Å². The Bertz CT molecular complexity index is 1180. The number of fused-ring (bicyclic) bond motifs is 3. The van der Waals surface area contributed by atoms with Gasteiger partial charge in [-0.25, -0.2) is 4.98 Å². The van der Waals surface area contributed by atoms with Gasteiger partial charge < -0.3 is 15.2 Å². The number of nitrogens with one attached hydrogen (secondary N) is 2. The lowest BCUT2D eigenvalue weighted by atomic mass is 10.3. The number of hydrogen-bond acceptors (Lipinski definition) is 7. The quantitative estimate of drug-likeness (QED) is 0.481. The van der Waals surface area contributed by atoms with Crippen molar-refractivity contribution in [2.24, 2.45) is 0 Å². The van der Waals surface area contributed by atoms with Crippen LogP contribution in [0.15, 0.2) is 34.9 Å². The zero-order valence-corrected chi connectivity index (χ0v) is 15.6. The van der Waals surface area contributed by atoms with E-state index in [0.717, 1.165) is 51.6 Å². The number of hydrogen-bond donors (Lipinski definition) is 2. The zero-order chi connectivity index (χ0) is 17.7. The Morgan fingerprint density at radius 2 is 2.11 bits per heavy atom. The van der Waals surface area contributed by atoms with Crippen LogP contribution in [0.25, 0.3) is 16.7 Å². The minimum atomic E-state index is 0.502.